The number of rotatable bonds is 6. The minimum atomic E-state index is -3.59. The lowest BCUT2D eigenvalue weighted by molar-refractivity contribution is -0.0445. The number of nitrogens with zero attached hydrogens (tertiary/aromatic N) is 1. The summed E-state index contributed by atoms with van der Waals surface area (Å²) in [5.41, 5.74) is 0.920. The largest absolute Gasteiger partial charge is 0.497 e. The highest BCUT2D eigenvalue weighted by Crippen LogP contribution is 2.26. The molecule has 0 radical (unpaired) electrons. The first-order valence-corrected chi connectivity index (χ1v) is 9.73. The smallest absolute Gasteiger partial charge is 0.280 e. The molecule has 0 bridgehead atoms. The molecule has 0 unspecified atom stereocenters. The molecule has 3 atom stereocenters. The molecule has 0 amide bonds. The minimum Gasteiger partial charge on any atom is -0.497 e. The van der Waals surface area contributed by atoms with Gasteiger partial charge in [0, 0.05) is 13.1 Å². The van der Waals surface area contributed by atoms with E-state index in [-0.39, 0.29) is 24.2 Å². The Morgan fingerprint density at radius 1 is 1.17 bits per heavy atom. The highest BCUT2D eigenvalue weighted by atomic mass is 32.2. The lowest BCUT2D eigenvalue weighted by Gasteiger charge is -2.35. The molecular formula is C17H28N2O4S. The maximum Gasteiger partial charge on any atom is 0.280 e. The molecule has 0 aromatic heterocycles. The fraction of sp³-hybridized carbons (Fsp3) is 0.647. The van der Waals surface area contributed by atoms with Crippen molar-refractivity contribution >= 4 is 10.2 Å². The van der Waals surface area contributed by atoms with Crippen LogP contribution in [0.4, 0.5) is 0 Å². The Morgan fingerprint density at radius 2 is 1.71 bits per heavy atom. The molecule has 1 saturated heterocycles. The second-order valence-electron chi connectivity index (χ2n) is 6.69. The van der Waals surface area contributed by atoms with Gasteiger partial charge in [-0.05, 0) is 37.5 Å². The van der Waals surface area contributed by atoms with E-state index in [0.717, 1.165) is 11.3 Å². The molecule has 1 aromatic carbocycles. The van der Waals surface area contributed by atoms with Crippen LogP contribution in [0.1, 0.15) is 39.3 Å². The fourth-order valence-corrected chi connectivity index (χ4v) is 4.65. The highest BCUT2D eigenvalue weighted by molar-refractivity contribution is 7.87. The first-order chi connectivity index (χ1) is 11.2. The third kappa shape index (κ3) is 4.69. The summed E-state index contributed by atoms with van der Waals surface area (Å²) in [5, 5.41) is 0. The van der Waals surface area contributed by atoms with Crippen LogP contribution in [0.3, 0.4) is 0 Å². The van der Waals surface area contributed by atoms with Crippen molar-refractivity contribution in [3.05, 3.63) is 29.8 Å². The van der Waals surface area contributed by atoms with E-state index in [4.69, 9.17) is 9.47 Å². The average Bonchev–Trinajstić information content (AvgIpc) is 2.51. The Morgan fingerprint density at radius 3 is 2.17 bits per heavy atom. The van der Waals surface area contributed by atoms with Gasteiger partial charge in [0.2, 0.25) is 0 Å². The van der Waals surface area contributed by atoms with Crippen LogP contribution in [0.5, 0.6) is 5.75 Å². The number of hydrogen-bond acceptors (Lipinski definition) is 4. The second-order valence-corrected chi connectivity index (χ2v) is 8.39. The van der Waals surface area contributed by atoms with Gasteiger partial charge >= 0.3 is 0 Å². The third-order valence-corrected chi connectivity index (χ3v) is 5.67. The zero-order valence-electron chi connectivity index (χ0n) is 15.0. The van der Waals surface area contributed by atoms with E-state index in [1.807, 2.05) is 52.0 Å². The summed E-state index contributed by atoms with van der Waals surface area (Å²) >= 11 is 0. The van der Waals surface area contributed by atoms with Gasteiger partial charge in [-0.15, -0.1) is 0 Å². The molecule has 6 nitrogen and oxygen atoms in total. The first-order valence-electron chi connectivity index (χ1n) is 8.29. The van der Waals surface area contributed by atoms with Gasteiger partial charge in [-0.3, -0.25) is 0 Å². The summed E-state index contributed by atoms with van der Waals surface area (Å²) in [6.45, 7) is 8.52. The number of hydrogen-bond donors (Lipinski definition) is 1. The van der Waals surface area contributed by atoms with Crippen LogP contribution in [0.15, 0.2) is 24.3 Å². The molecule has 1 aliphatic heterocycles. The lowest BCUT2D eigenvalue weighted by atomic mass is 9.97. The molecule has 1 N–H and O–H groups in total. The van der Waals surface area contributed by atoms with E-state index in [2.05, 4.69) is 4.72 Å². The van der Waals surface area contributed by atoms with Crippen molar-refractivity contribution in [3.8, 4) is 5.75 Å². The predicted molar refractivity (Wildman–Crippen MR) is 94.2 cm³/mol. The fourth-order valence-electron chi connectivity index (χ4n) is 2.96. The number of morpholine rings is 1. The first kappa shape index (κ1) is 19.2. The van der Waals surface area contributed by atoms with Crippen molar-refractivity contribution in [2.24, 2.45) is 5.92 Å². The Hall–Kier alpha value is -1.15. The Bertz CT molecular complexity index is 620. The average molecular weight is 356 g/mol. The maximum absolute atomic E-state index is 12.8. The van der Waals surface area contributed by atoms with E-state index in [1.165, 1.54) is 4.31 Å². The molecule has 1 aliphatic rings. The van der Waals surface area contributed by atoms with Crippen molar-refractivity contribution < 1.29 is 17.9 Å². The molecular weight excluding hydrogens is 328 g/mol. The summed E-state index contributed by atoms with van der Waals surface area (Å²) in [6.07, 6.45) is -0.215. The number of nitrogens with one attached hydrogen (secondary N) is 1. The highest BCUT2D eigenvalue weighted by Gasteiger charge is 2.33. The van der Waals surface area contributed by atoms with Gasteiger partial charge in [0.05, 0.1) is 25.4 Å². The van der Waals surface area contributed by atoms with E-state index < -0.39 is 10.2 Å². The van der Waals surface area contributed by atoms with E-state index >= 15 is 0 Å². The molecule has 136 valence electrons. The predicted octanol–water partition coefficient (Wildman–Crippen LogP) is 2.34. The Balaban J connectivity index is 2.19. The number of ether oxygens (including phenoxy) is 2. The molecule has 1 aromatic rings. The van der Waals surface area contributed by atoms with Crippen LogP contribution in [0.25, 0.3) is 0 Å². The summed E-state index contributed by atoms with van der Waals surface area (Å²) in [5.74, 6) is 0.865. The van der Waals surface area contributed by atoms with Crippen molar-refractivity contribution in [3.63, 3.8) is 0 Å². The van der Waals surface area contributed by atoms with E-state index in [9.17, 15) is 8.42 Å². The van der Waals surface area contributed by atoms with Crippen molar-refractivity contribution in [1.82, 2.24) is 9.03 Å². The molecule has 0 saturated carbocycles. The van der Waals surface area contributed by atoms with E-state index in [1.54, 1.807) is 7.11 Å². The molecule has 0 spiro atoms. The molecule has 1 heterocycles. The van der Waals surface area contributed by atoms with Crippen LogP contribution < -0.4 is 9.46 Å². The molecule has 1 fully saturated rings. The van der Waals surface area contributed by atoms with Crippen molar-refractivity contribution in [2.45, 2.75) is 45.9 Å². The minimum absolute atomic E-state index is 0.108. The van der Waals surface area contributed by atoms with Crippen LogP contribution in [0, 0.1) is 5.92 Å². The zero-order valence-corrected chi connectivity index (χ0v) is 15.8. The van der Waals surface area contributed by atoms with Gasteiger partial charge < -0.3 is 9.47 Å². The second kappa shape index (κ2) is 7.82. The summed E-state index contributed by atoms with van der Waals surface area (Å²) in [6, 6.07) is 7.19. The molecule has 7 heteroatoms. The third-order valence-electron chi connectivity index (χ3n) is 4.14. The monoisotopic (exact) mass is 356 g/mol. The van der Waals surface area contributed by atoms with Crippen molar-refractivity contribution in [2.75, 3.05) is 20.2 Å². The van der Waals surface area contributed by atoms with Crippen LogP contribution in [-0.2, 0) is 14.9 Å². The Kier molecular flexibility index (Phi) is 6.25. The van der Waals surface area contributed by atoms with Gasteiger partial charge in [-0.1, -0.05) is 26.0 Å². The van der Waals surface area contributed by atoms with Crippen LogP contribution >= 0.6 is 0 Å². The standard InChI is InChI=1S/C17H28N2O4S/c1-12(2)17(15-6-8-16(22-5)9-7-15)18-24(20,21)19-10-13(3)23-14(4)11-19/h6-9,12-14,17-18H,10-11H2,1-5H3/t13-,14-,17+/m0/s1. The summed E-state index contributed by atoms with van der Waals surface area (Å²) in [7, 11) is -1.98. The van der Waals surface area contributed by atoms with Gasteiger partial charge in [0.25, 0.3) is 10.2 Å². The molecule has 0 aliphatic carbocycles. The molecule has 24 heavy (non-hydrogen) atoms. The molecule has 2 rings (SSSR count). The van der Waals surface area contributed by atoms with Gasteiger partial charge in [-0.2, -0.15) is 17.4 Å². The van der Waals surface area contributed by atoms with Gasteiger partial charge in [-0.25, -0.2) is 0 Å². The van der Waals surface area contributed by atoms with Gasteiger partial charge in [0.1, 0.15) is 5.75 Å². The SMILES string of the molecule is COc1ccc([C@H](NS(=O)(=O)N2C[C@H](C)O[C@@H](C)C2)C(C)C)cc1. The topological polar surface area (TPSA) is 67.9 Å². The van der Waals surface area contributed by atoms with Gasteiger partial charge in [0.15, 0.2) is 0 Å². The Labute approximate surface area is 145 Å². The maximum atomic E-state index is 12.8. The lowest BCUT2D eigenvalue weighted by Crippen LogP contribution is -2.52. The quantitative estimate of drug-likeness (QED) is 0.849. The summed E-state index contributed by atoms with van der Waals surface area (Å²) < 4.78 is 40.8. The van der Waals surface area contributed by atoms with Crippen molar-refractivity contribution in [1.29, 1.82) is 0 Å². The summed E-state index contributed by atoms with van der Waals surface area (Å²) in [4.78, 5) is 0. The van der Waals surface area contributed by atoms with E-state index in [0.29, 0.717) is 13.1 Å². The van der Waals surface area contributed by atoms with Crippen LogP contribution in [-0.4, -0.2) is 45.1 Å². The number of methoxy groups -OCH3 is 1. The number of benzene rings is 1. The van der Waals surface area contributed by atoms with Crippen LogP contribution in [0.2, 0.25) is 0 Å². The normalized spacial score (nSPS) is 24.1. The zero-order chi connectivity index (χ0) is 17.9.